The summed E-state index contributed by atoms with van der Waals surface area (Å²) < 4.78 is 13.7. The molecule has 2 heterocycles. The van der Waals surface area contributed by atoms with Gasteiger partial charge in [0.2, 0.25) is 17.8 Å². The van der Waals surface area contributed by atoms with Gasteiger partial charge >= 0.3 is 0 Å². The van der Waals surface area contributed by atoms with Gasteiger partial charge in [-0.15, -0.1) is 0 Å². The van der Waals surface area contributed by atoms with Gasteiger partial charge in [0.25, 0.3) is 0 Å². The maximum atomic E-state index is 13.7. The van der Waals surface area contributed by atoms with Crippen molar-refractivity contribution in [2.45, 2.75) is 39.3 Å². The second kappa shape index (κ2) is 10.6. The maximum Gasteiger partial charge on any atom is 0.232 e. The first-order chi connectivity index (χ1) is 16.4. The molecule has 1 aliphatic heterocycles. The van der Waals surface area contributed by atoms with Gasteiger partial charge in [-0.2, -0.15) is 15.0 Å². The highest BCUT2D eigenvalue weighted by Crippen LogP contribution is 2.26. The lowest BCUT2D eigenvalue weighted by molar-refractivity contribution is -0.126. The van der Waals surface area contributed by atoms with Crippen molar-refractivity contribution >= 4 is 23.5 Å². The summed E-state index contributed by atoms with van der Waals surface area (Å²) in [7, 11) is 0. The number of para-hydroxylation sites is 1. The number of anilines is 3. The second-order valence-corrected chi connectivity index (χ2v) is 8.65. The Labute approximate surface area is 198 Å². The highest BCUT2D eigenvalue weighted by Gasteiger charge is 2.29. The largest absolute Gasteiger partial charge is 0.368 e. The van der Waals surface area contributed by atoms with Gasteiger partial charge < -0.3 is 16.4 Å². The number of rotatable bonds is 7. The quantitative estimate of drug-likeness (QED) is 0.490. The number of carbonyl (C=O) groups excluding carboxylic acids is 1. The molecule has 1 fully saturated rings. The molecule has 8 nitrogen and oxygen atoms in total. The predicted octanol–water partition coefficient (Wildman–Crippen LogP) is 3.73. The molecular weight excluding hydrogens is 433 g/mol. The van der Waals surface area contributed by atoms with Crippen LogP contribution in [0.2, 0.25) is 0 Å². The zero-order valence-corrected chi connectivity index (χ0v) is 19.5. The minimum absolute atomic E-state index is 0.00652. The maximum absolute atomic E-state index is 13.7. The van der Waals surface area contributed by atoms with E-state index in [1.54, 1.807) is 13.0 Å². The van der Waals surface area contributed by atoms with E-state index in [-0.39, 0.29) is 29.6 Å². The second-order valence-electron chi connectivity index (χ2n) is 8.65. The number of amides is 1. The number of nitrogens with two attached hydrogens (primary N) is 1. The summed E-state index contributed by atoms with van der Waals surface area (Å²) >= 11 is 0. The Kier molecular flexibility index (Phi) is 7.32. The van der Waals surface area contributed by atoms with E-state index < -0.39 is 0 Å². The number of carbonyl (C=O) groups is 1. The lowest BCUT2D eigenvalue weighted by Gasteiger charge is -2.34. The minimum atomic E-state index is -0.255. The molecule has 3 aromatic rings. The molecule has 1 aromatic heterocycles. The molecule has 178 valence electrons. The van der Waals surface area contributed by atoms with Crippen molar-refractivity contribution < 1.29 is 9.18 Å². The topological polar surface area (TPSA) is 109 Å². The molecule has 0 radical (unpaired) electrons. The van der Waals surface area contributed by atoms with E-state index in [1.165, 1.54) is 6.07 Å². The number of halogens is 1. The Morgan fingerprint density at radius 1 is 1.15 bits per heavy atom. The number of hydrogen-bond acceptors (Lipinski definition) is 7. The monoisotopic (exact) mass is 463 g/mol. The van der Waals surface area contributed by atoms with Gasteiger partial charge in [-0.05, 0) is 69.1 Å². The lowest BCUT2D eigenvalue weighted by Crippen LogP contribution is -2.41. The normalized spacial score (nSPS) is 15.6. The zero-order chi connectivity index (χ0) is 24.1. The first-order valence-corrected chi connectivity index (χ1v) is 11.5. The van der Waals surface area contributed by atoms with Gasteiger partial charge in [0.05, 0.1) is 6.04 Å². The number of aromatic nitrogens is 3. The van der Waals surface area contributed by atoms with Crippen LogP contribution in [-0.4, -0.2) is 38.8 Å². The number of benzene rings is 2. The zero-order valence-electron chi connectivity index (χ0n) is 19.5. The van der Waals surface area contributed by atoms with Crippen LogP contribution >= 0.6 is 0 Å². The van der Waals surface area contributed by atoms with E-state index in [9.17, 15) is 9.18 Å². The Balaban J connectivity index is 1.32. The van der Waals surface area contributed by atoms with Crippen LogP contribution in [-0.2, 0) is 11.3 Å². The van der Waals surface area contributed by atoms with Crippen LogP contribution in [0.3, 0.4) is 0 Å². The van der Waals surface area contributed by atoms with Crippen LogP contribution < -0.4 is 16.4 Å². The van der Waals surface area contributed by atoms with E-state index in [2.05, 4.69) is 30.5 Å². The average Bonchev–Trinajstić information content (AvgIpc) is 2.84. The first kappa shape index (κ1) is 23.6. The molecule has 4 N–H and O–H groups in total. The van der Waals surface area contributed by atoms with Gasteiger partial charge in [-0.25, -0.2) is 4.39 Å². The van der Waals surface area contributed by atoms with Crippen molar-refractivity contribution in [3.63, 3.8) is 0 Å². The number of piperidine rings is 1. The highest BCUT2D eigenvalue weighted by atomic mass is 19.1. The summed E-state index contributed by atoms with van der Waals surface area (Å²) in [5.74, 6) is 0.842. The third kappa shape index (κ3) is 5.85. The van der Waals surface area contributed by atoms with Gasteiger partial charge in [0.15, 0.2) is 5.82 Å². The predicted molar refractivity (Wildman–Crippen MR) is 130 cm³/mol. The lowest BCUT2D eigenvalue weighted by atomic mass is 9.94. The van der Waals surface area contributed by atoms with Crippen LogP contribution in [0.25, 0.3) is 0 Å². The van der Waals surface area contributed by atoms with E-state index in [1.807, 2.05) is 43.3 Å². The van der Waals surface area contributed by atoms with Crippen molar-refractivity contribution in [2.75, 3.05) is 24.1 Å². The molecule has 9 heteroatoms. The number of nitrogens with one attached hydrogen (secondary N) is 2. The van der Waals surface area contributed by atoms with Crippen molar-refractivity contribution in [3.05, 3.63) is 71.3 Å². The summed E-state index contributed by atoms with van der Waals surface area (Å²) in [4.78, 5) is 28.0. The number of aryl methyl sites for hydroxylation is 1. The third-order valence-electron chi connectivity index (χ3n) is 6.22. The summed E-state index contributed by atoms with van der Waals surface area (Å²) in [5, 5.41) is 6.11. The Bertz CT molecular complexity index is 1130. The Hall–Kier alpha value is -3.59. The molecule has 0 bridgehead atoms. The third-order valence-corrected chi connectivity index (χ3v) is 6.22. The van der Waals surface area contributed by atoms with Crippen LogP contribution in [0.4, 0.5) is 22.0 Å². The smallest absolute Gasteiger partial charge is 0.232 e. The van der Waals surface area contributed by atoms with Crippen LogP contribution in [0.1, 0.15) is 42.8 Å². The van der Waals surface area contributed by atoms with E-state index in [4.69, 9.17) is 5.73 Å². The average molecular weight is 464 g/mol. The molecule has 1 aliphatic rings. The van der Waals surface area contributed by atoms with Crippen molar-refractivity contribution in [1.29, 1.82) is 0 Å². The highest BCUT2D eigenvalue weighted by molar-refractivity contribution is 5.78. The fraction of sp³-hybridized carbons (Fsp3) is 0.360. The molecule has 34 heavy (non-hydrogen) atoms. The van der Waals surface area contributed by atoms with Crippen molar-refractivity contribution in [1.82, 2.24) is 25.2 Å². The first-order valence-electron chi connectivity index (χ1n) is 11.5. The molecule has 1 amide bonds. The molecule has 4 rings (SSSR count). The fourth-order valence-electron chi connectivity index (χ4n) is 4.09. The van der Waals surface area contributed by atoms with Crippen molar-refractivity contribution in [3.8, 4) is 0 Å². The van der Waals surface area contributed by atoms with Crippen LogP contribution in [0.15, 0.2) is 48.5 Å². The van der Waals surface area contributed by atoms with Crippen LogP contribution in [0.5, 0.6) is 0 Å². The molecule has 0 spiro atoms. The Morgan fingerprint density at radius 3 is 2.59 bits per heavy atom. The summed E-state index contributed by atoms with van der Waals surface area (Å²) in [6.45, 7) is 5.57. The van der Waals surface area contributed by atoms with E-state index in [0.29, 0.717) is 23.9 Å². The van der Waals surface area contributed by atoms with E-state index in [0.717, 1.165) is 37.2 Å². The molecule has 1 unspecified atom stereocenters. The molecule has 0 aliphatic carbocycles. The van der Waals surface area contributed by atoms with Gasteiger partial charge in [0.1, 0.15) is 5.82 Å². The number of likely N-dealkylation sites (tertiary alicyclic amines) is 1. The number of nitrogen functional groups attached to an aromatic ring is 1. The number of nitrogens with zero attached hydrogens (tertiary/aromatic N) is 4. The summed E-state index contributed by atoms with van der Waals surface area (Å²) in [6, 6.07) is 14.6. The minimum Gasteiger partial charge on any atom is -0.368 e. The standard InChI is InChI=1S/C25H30FN7O/c1-16-8-9-18(14-21(16)26)15-28-23(34)19-10-12-33(13-11-19)17(2)22-30-24(27)32-25(31-22)29-20-6-4-3-5-7-20/h3-9,14,17,19H,10-13,15H2,1-2H3,(H,28,34)(H3,27,29,30,31,32). The van der Waals surface area contributed by atoms with Gasteiger partial charge in [-0.1, -0.05) is 30.3 Å². The van der Waals surface area contributed by atoms with Gasteiger partial charge in [0, 0.05) is 18.2 Å². The molecule has 0 saturated carbocycles. The van der Waals surface area contributed by atoms with Crippen LogP contribution in [0, 0.1) is 18.7 Å². The molecule has 2 aromatic carbocycles. The SMILES string of the molecule is Cc1ccc(CNC(=O)C2CCN(C(C)c3nc(N)nc(Nc4ccccc4)n3)CC2)cc1F. The van der Waals surface area contributed by atoms with E-state index >= 15 is 0 Å². The summed E-state index contributed by atoms with van der Waals surface area (Å²) in [6.07, 6.45) is 1.46. The number of hydrogen-bond donors (Lipinski definition) is 3. The fourth-order valence-corrected chi connectivity index (χ4v) is 4.09. The molecule has 1 atom stereocenters. The summed E-state index contributed by atoms with van der Waals surface area (Å²) in [5.41, 5.74) is 8.17. The Morgan fingerprint density at radius 2 is 1.88 bits per heavy atom. The molecular formula is C25H30FN7O. The van der Waals surface area contributed by atoms with Crippen molar-refractivity contribution in [2.24, 2.45) is 5.92 Å². The van der Waals surface area contributed by atoms with Gasteiger partial charge in [-0.3, -0.25) is 9.69 Å². The molecule has 1 saturated heterocycles.